The first kappa shape index (κ1) is 14.2. The third-order valence-electron chi connectivity index (χ3n) is 2.61. The van der Waals surface area contributed by atoms with Crippen LogP contribution in [0.5, 0.6) is 11.6 Å². The molecule has 1 aromatic carbocycles. The Kier molecular flexibility index (Phi) is 3.65. The van der Waals surface area contributed by atoms with Gasteiger partial charge in [0, 0.05) is 6.07 Å². The molecule has 1 aromatic heterocycles. The highest BCUT2D eigenvalue weighted by Gasteiger charge is 2.14. The monoisotopic (exact) mass is 290 g/mol. The fraction of sp³-hybridized carbons (Fsp3) is 0.0833. The van der Waals surface area contributed by atoms with Crippen molar-refractivity contribution in [3.05, 3.63) is 56.1 Å². The second-order valence-corrected chi connectivity index (χ2v) is 4.15. The van der Waals surface area contributed by atoms with Crippen LogP contribution in [0.25, 0.3) is 0 Å². The molecule has 0 radical (unpaired) electrons. The molecule has 0 fully saturated rings. The van der Waals surface area contributed by atoms with Gasteiger partial charge >= 0.3 is 0 Å². The van der Waals surface area contributed by atoms with E-state index in [1.54, 1.807) is 6.92 Å². The molecule has 108 valence electrons. The van der Waals surface area contributed by atoms with Gasteiger partial charge in [-0.3, -0.25) is 20.2 Å². The number of anilines is 1. The average Bonchev–Trinajstić information content (AvgIpc) is 2.40. The number of nitrogen functional groups attached to an aromatic ring is 1. The highest BCUT2D eigenvalue weighted by atomic mass is 16.6. The van der Waals surface area contributed by atoms with Crippen LogP contribution >= 0.6 is 0 Å². The van der Waals surface area contributed by atoms with Crippen molar-refractivity contribution in [1.82, 2.24) is 4.98 Å². The van der Waals surface area contributed by atoms with E-state index in [0.717, 1.165) is 12.1 Å². The zero-order valence-electron chi connectivity index (χ0n) is 10.8. The number of rotatable bonds is 4. The summed E-state index contributed by atoms with van der Waals surface area (Å²) < 4.78 is 5.37. The van der Waals surface area contributed by atoms with E-state index in [2.05, 4.69) is 4.98 Å². The molecule has 0 spiro atoms. The van der Waals surface area contributed by atoms with Gasteiger partial charge in [-0.2, -0.15) is 4.98 Å². The van der Waals surface area contributed by atoms with Gasteiger partial charge in [-0.15, -0.1) is 0 Å². The Morgan fingerprint density at radius 3 is 2.38 bits per heavy atom. The van der Waals surface area contributed by atoms with Gasteiger partial charge in [0.25, 0.3) is 11.4 Å². The normalized spacial score (nSPS) is 10.1. The third kappa shape index (κ3) is 3.21. The third-order valence-corrected chi connectivity index (χ3v) is 2.61. The van der Waals surface area contributed by atoms with Gasteiger partial charge in [-0.25, -0.2) is 0 Å². The maximum absolute atomic E-state index is 10.7. The number of benzene rings is 1. The molecular weight excluding hydrogens is 280 g/mol. The molecule has 0 aliphatic heterocycles. The number of pyridine rings is 1. The molecule has 21 heavy (non-hydrogen) atoms. The summed E-state index contributed by atoms with van der Waals surface area (Å²) in [6.45, 7) is 1.68. The van der Waals surface area contributed by atoms with Crippen molar-refractivity contribution < 1.29 is 14.6 Å². The summed E-state index contributed by atoms with van der Waals surface area (Å²) in [6, 6.07) is 6.24. The van der Waals surface area contributed by atoms with Crippen molar-refractivity contribution >= 4 is 17.2 Å². The highest BCUT2D eigenvalue weighted by molar-refractivity contribution is 5.49. The van der Waals surface area contributed by atoms with Crippen molar-refractivity contribution in [2.45, 2.75) is 6.92 Å². The Morgan fingerprint density at radius 1 is 1.10 bits per heavy atom. The van der Waals surface area contributed by atoms with Gasteiger partial charge in [0.2, 0.25) is 5.88 Å². The lowest BCUT2D eigenvalue weighted by atomic mass is 10.2. The molecule has 0 amide bonds. The lowest BCUT2D eigenvalue weighted by Crippen LogP contribution is -1.98. The van der Waals surface area contributed by atoms with Gasteiger partial charge in [-0.05, 0) is 18.6 Å². The maximum atomic E-state index is 10.7. The maximum Gasteiger partial charge on any atom is 0.278 e. The molecule has 0 saturated heterocycles. The van der Waals surface area contributed by atoms with Crippen LogP contribution < -0.4 is 10.5 Å². The van der Waals surface area contributed by atoms with Crippen molar-refractivity contribution in [1.29, 1.82) is 0 Å². The first-order valence-corrected chi connectivity index (χ1v) is 5.71. The van der Waals surface area contributed by atoms with Crippen LogP contribution in [0.4, 0.5) is 17.2 Å². The van der Waals surface area contributed by atoms with Crippen molar-refractivity contribution in [3.63, 3.8) is 0 Å². The zero-order chi connectivity index (χ0) is 15.6. The summed E-state index contributed by atoms with van der Waals surface area (Å²) in [5, 5.41) is 21.5. The second kappa shape index (κ2) is 5.41. The number of hydrogen-bond donors (Lipinski definition) is 1. The molecule has 9 heteroatoms. The number of nitro groups is 2. The van der Waals surface area contributed by atoms with Crippen LogP contribution in [0.1, 0.15) is 5.56 Å². The quantitative estimate of drug-likeness (QED) is 0.675. The Bertz CT molecular complexity index is 732. The van der Waals surface area contributed by atoms with Gasteiger partial charge in [0.05, 0.1) is 28.0 Å². The highest BCUT2D eigenvalue weighted by Crippen LogP contribution is 2.30. The van der Waals surface area contributed by atoms with Crippen molar-refractivity contribution in [2.75, 3.05) is 5.73 Å². The van der Waals surface area contributed by atoms with Crippen molar-refractivity contribution in [3.8, 4) is 11.6 Å². The van der Waals surface area contributed by atoms with E-state index in [1.165, 1.54) is 18.2 Å². The average molecular weight is 290 g/mol. The number of ether oxygens (including phenoxy) is 1. The fourth-order valence-electron chi connectivity index (χ4n) is 1.59. The molecule has 0 saturated carbocycles. The van der Waals surface area contributed by atoms with Crippen LogP contribution in [0.15, 0.2) is 30.3 Å². The summed E-state index contributed by atoms with van der Waals surface area (Å²) in [7, 11) is 0. The van der Waals surface area contributed by atoms with Crippen LogP contribution in [0.2, 0.25) is 0 Å². The second-order valence-electron chi connectivity index (χ2n) is 4.15. The molecule has 0 atom stereocenters. The largest absolute Gasteiger partial charge is 0.438 e. The van der Waals surface area contributed by atoms with Crippen LogP contribution in [-0.2, 0) is 0 Å². The molecule has 2 rings (SSSR count). The zero-order valence-corrected chi connectivity index (χ0v) is 10.8. The molecule has 2 N–H and O–H groups in total. The first-order chi connectivity index (χ1) is 9.86. The van der Waals surface area contributed by atoms with Gasteiger partial charge in [-0.1, -0.05) is 0 Å². The van der Waals surface area contributed by atoms with Crippen LogP contribution in [0.3, 0.4) is 0 Å². The number of non-ortho nitro benzene ring substituents is 1. The minimum absolute atomic E-state index is 0.0812. The number of nitro benzene ring substituents is 1. The van der Waals surface area contributed by atoms with Gasteiger partial charge in [0.15, 0.2) is 0 Å². The summed E-state index contributed by atoms with van der Waals surface area (Å²) in [5.41, 5.74) is 5.65. The summed E-state index contributed by atoms with van der Waals surface area (Å²) in [5.74, 6) is -0.0100. The van der Waals surface area contributed by atoms with Gasteiger partial charge in [0.1, 0.15) is 11.6 Å². The molecule has 0 bridgehead atoms. The Hall–Kier alpha value is -3.23. The van der Waals surface area contributed by atoms with Crippen molar-refractivity contribution in [2.24, 2.45) is 0 Å². The minimum Gasteiger partial charge on any atom is -0.438 e. The summed E-state index contributed by atoms with van der Waals surface area (Å²) in [6.07, 6.45) is 0. The van der Waals surface area contributed by atoms with E-state index in [9.17, 15) is 20.2 Å². The molecule has 1 heterocycles. The Balaban J connectivity index is 2.40. The fourth-order valence-corrected chi connectivity index (χ4v) is 1.59. The molecule has 0 aliphatic rings. The Labute approximate surface area is 118 Å². The number of hydrogen-bond acceptors (Lipinski definition) is 7. The SMILES string of the molecule is Cc1ccc([N+](=O)[O-])cc1Oc1cc([N+](=O)[O-])cc(N)n1. The molecule has 9 nitrogen and oxygen atoms in total. The van der Waals surface area contributed by atoms with Crippen LogP contribution in [0, 0.1) is 27.2 Å². The number of aryl methyl sites for hydroxylation is 1. The predicted octanol–water partition coefficient (Wildman–Crippen LogP) is 2.58. The summed E-state index contributed by atoms with van der Waals surface area (Å²) >= 11 is 0. The molecule has 2 aromatic rings. The van der Waals surface area contributed by atoms with E-state index in [0.29, 0.717) is 5.56 Å². The van der Waals surface area contributed by atoms with Gasteiger partial charge < -0.3 is 10.5 Å². The lowest BCUT2D eigenvalue weighted by molar-refractivity contribution is -0.384. The molecular formula is C12H10N4O5. The Morgan fingerprint density at radius 2 is 1.76 bits per heavy atom. The lowest BCUT2D eigenvalue weighted by Gasteiger charge is -2.08. The number of nitrogens with zero attached hydrogens (tertiary/aromatic N) is 3. The summed E-state index contributed by atoms with van der Waals surface area (Å²) in [4.78, 5) is 24.1. The standard InChI is InChI=1S/C12H10N4O5/c1-7-2-3-8(15(17)18)4-10(7)21-12-6-9(16(19)20)5-11(13)14-12/h2-6H,1H3,(H2,13,14). The van der Waals surface area contributed by atoms with E-state index in [-0.39, 0.29) is 28.8 Å². The van der Waals surface area contributed by atoms with E-state index < -0.39 is 9.85 Å². The minimum atomic E-state index is -0.634. The van der Waals surface area contributed by atoms with E-state index in [1.807, 2.05) is 0 Å². The molecule has 0 unspecified atom stereocenters. The topological polar surface area (TPSA) is 134 Å². The predicted molar refractivity (Wildman–Crippen MR) is 73.2 cm³/mol. The first-order valence-electron chi connectivity index (χ1n) is 5.71. The van der Waals surface area contributed by atoms with E-state index >= 15 is 0 Å². The number of aromatic nitrogens is 1. The van der Waals surface area contributed by atoms with Crippen LogP contribution in [-0.4, -0.2) is 14.8 Å². The number of nitrogens with two attached hydrogens (primary N) is 1. The smallest absolute Gasteiger partial charge is 0.278 e. The van der Waals surface area contributed by atoms with E-state index in [4.69, 9.17) is 10.5 Å². The molecule has 0 aliphatic carbocycles.